The first-order chi connectivity index (χ1) is 7.25. The van der Waals surface area contributed by atoms with Crippen LogP contribution in [0, 0.1) is 0 Å². The molecule has 4 N–H and O–H groups in total. The van der Waals surface area contributed by atoms with Gasteiger partial charge in [0, 0.05) is 6.20 Å². The number of nitrogens with two attached hydrogens (primary N) is 1. The molecule has 0 amide bonds. The SMILES string of the molecule is Nc1cc(Cl)cnc1NCc1ncn[nH]1. The number of halogens is 1. The highest BCUT2D eigenvalue weighted by molar-refractivity contribution is 6.30. The quantitative estimate of drug-likeness (QED) is 0.725. The van der Waals surface area contributed by atoms with E-state index < -0.39 is 0 Å². The first kappa shape index (κ1) is 9.72. The molecule has 2 heterocycles. The number of nitrogens with one attached hydrogen (secondary N) is 2. The van der Waals surface area contributed by atoms with Crippen molar-refractivity contribution < 1.29 is 0 Å². The van der Waals surface area contributed by atoms with Gasteiger partial charge in [0.05, 0.1) is 17.3 Å². The van der Waals surface area contributed by atoms with E-state index in [0.717, 1.165) is 0 Å². The van der Waals surface area contributed by atoms with Crippen LogP contribution in [0.3, 0.4) is 0 Å². The van der Waals surface area contributed by atoms with Crippen molar-refractivity contribution >= 4 is 23.1 Å². The van der Waals surface area contributed by atoms with Gasteiger partial charge in [-0.2, -0.15) is 5.10 Å². The summed E-state index contributed by atoms with van der Waals surface area (Å²) in [5.41, 5.74) is 6.21. The summed E-state index contributed by atoms with van der Waals surface area (Å²) in [5.74, 6) is 1.29. The zero-order valence-electron chi connectivity index (χ0n) is 7.74. The molecule has 0 aromatic carbocycles. The molecule has 0 aliphatic carbocycles. The third-order valence-electron chi connectivity index (χ3n) is 1.77. The average Bonchev–Trinajstić information content (AvgIpc) is 2.69. The first-order valence-electron chi connectivity index (χ1n) is 4.25. The van der Waals surface area contributed by atoms with Crippen LogP contribution in [0.5, 0.6) is 0 Å². The second-order valence-electron chi connectivity index (χ2n) is 2.88. The number of hydrogen-bond acceptors (Lipinski definition) is 5. The molecule has 0 fully saturated rings. The van der Waals surface area contributed by atoms with E-state index in [4.69, 9.17) is 17.3 Å². The molecule has 0 atom stereocenters. The van der Waals surface area contributed by atoms with Crippen LogP contribution < -0.4 is 11.1 Å². The molecule has 15 heavy (non-hydrogen) atoms. The van der Waals surface area contributed by atoms with Gasteiger partial charge in [0.25, 0.3) is 0 Å². The number of aromatic amines is 1. The van der Waals surface area contributed by atoms with Crippen LogP contribution >= 0.6 is 11.6 Å². The summed E-state index contributed by atoms with van der Waals surface area (Å²) in [6, 6.07) is 1.64. The van der Waals surface area contributed by atoms with E-state index >= 15 is 0 Å². The van der Waals surface area contributed by atoms with Crippen LogP contribution in [0.2, 0.25) is 5.02 Å². The summed E-state index contributed by atoms with van der Waals surface area (Å²) in [5, 5.41) is 9.97. The van der Waals surface area contributed by atoms with Gasteiger partial charge in [-0.25, -0.2) is 9.97 Å². The second kappa shape index (κ2) is 4.14. The number of pyridine rings is 1. The predicted octanol–water partition coefficient (Wildman–Crippen LogP) is 1.05. The van der Waals surface area contributed by atoms with Crippen molar-refractivity contribution in [2.75, 3.05) is 11.1 Å². The molecule has 0 spiro atoms. The van der Waals surface area contributed by atoms with Crippen molar-refractivity contribution in [2.24, 2.45) is 0 Å². The molecular formula is C8H9ClN6. The van der Waals surface area contributed by atoms with Crippen molar-refractivity contribution in [2.45, 2.75) is 6.54 Å². The molecule has 0 bridgehead atoms. The van der Waals surface area contributed by atoms with E-state index in [9.17, 15) is 0 Å². The topological polar surface area (TPSA) is 92.5 Å². The molecule has 0 unspecified atom stereocenters. The van der Waals surface area contributed by atoms with E-state index in [1.54, 1.807) is 6.07 Å². The van der Waals surface area contributed by atoms with Crippen LogP contribution in [-0.2, 0) is 6.54 Å². The Morgan fingerprint density at radius 3 is 3.00 bits per heavy atom. The van der Waals surface area contributed by atoms with Crippen molar-refractivity contribution in [1.29, 1.82) is 0 Å². The lowest BCUT2D eigenvalue weighted by atomic mass is 10.4. The maximum absolute atomic E-state index is 5.72. The zero-order chi connectivity index (χ0) is 10.7. The fourth-order valence-corrected chi connectivity index (χ4v) is 1.25. The first-order valence-corrected chi connectivity index (χ1v) is 4.62. The third-order valence-corrected chi connectivity index (χ3v) is 1.98. The van der Waals surface area contributed by atoms with Gasteiger partial charge in [-0.15, -0.1) is 0 Å². The molecule has 78 valence electrons. The number of hydrogen-bond donors (Lipinski definition) is 3. The number of anilines is 2. The lowest BCUT2D eigenvalue weighted by molar-refractivity contribution is 0.948. The summed E-state index contributed by atoms with van der Waals surface area (Å²) >= 11 is 5.72. The monoisotopic (exact) mass is 224 g/mol. The fourth-order valence-electron chi connectivity index (χ4n) is 1.09. The Hall–Kier alpha value is -1.82. The van der Waals surface area contributed by atoms with E-state index in [1.807, 2.05) is 0 Å². The predicted molar refractivity (Wildman–Crippen MR) is 57.4 cm³/mol. The molecule has 7 heteroatoms. The van der Waals surface area contributed by atoms with Gasteiger partial charge in [0.2, 0.25) is 0 Å². The van der Waals surface area contributed by atoms with Crippen LogP contribution in [-0.4, -0.2) is 20.2 Å². The Bertz CT molecular complexity index is 440. The van der Waals surface area contributed by atoms with Gasteiger partial charge >= 0.3 is 0 Å². The highest BCUT2D eigenvalue weighted by Gasteiger charge is 2.02. The van der Waals surface area contributed by atoms with Crippen molar-refractivity contribution in [3.05, 3.63) is 29.4 Å². The summed E-state index contributed by atoms with van der Waals surface area (Å²) in [7, 11) is 0. The Balaban J connectivity index is 2.05. The molecule has 2 aromatic rings. The summed E-state index contributed by atoms with van der Waals surface area (Å²) in [6.45, 7) is 0.485. The number of nitrogen functional groups attached to an aromatic ring is 1. The van der Waals surface area contributed by atoms with Crippen molar-refractivity contribution in [3.63, 3.8) is 0 Å². The standard InChI is InChI=1S/C8H9ClN6/c9-5-1-6(10)8(11-2-5)12-3-7-13-4-14-15-7/h1-2,4H,3,10H2,(H,11,12)(H,13,14,15). The molecule has 0 aliphatic heterocycles. The number of nitrogens with zero attached hydrogens (tertiary/aromatic N) is 3. The molecule has 0 saturated heterocycles. The summed E-state index contributed by atoms with van der Waals surface area (Å²) in [6.07, 6.45) is 2.97. The average molecular weight is 225 g/mol. The molecule has 0 aliphatic rings. The van der Waals surface area contributed by atoms with Gasteiger partial charge in [-0.3, -0.25) is 5.10 Å². The maximum atomic E-state index is 5.72. The Morgan fingerprint density at radius 2 is 2.33 bits per heavy atom. The highest BCUT2D eigenvalue weighted by Crippen LogP contribution is 2.19. The number of aromatic nitrogens is 4. The normalized spacial score (nSPS) is 10.2. The number of H-pyrrole nitrogens is 1. The fraction of sp³-hybridized carbons (Fsp3) is 0.125. The molecule has 0 radical (unpaired) electrons. The summed E-state index contributed by atoms with van der Waals surface area (Å²) < 4.78 is 0. The highest BCUT2D eigenvalue weighted by atomic mass is 35.5. The minimum atomic E-state index is 0.485. The maximum Gasteiger partial charge on any atom is 0.149 e. The Morgan fingerprint density at radius 1 is 1.47 bits per heavy atom. The van der Waals surface area contributed by atoms with Crippen molar-refractivity contribution in [3.8, 4) is 0 Å². The van der Waals surface area contributed by atoms with Crippen LogP contribution in [0.15, 0.2) is 18.6 Å². The Labute approximate surface area is 90.9 Å². The number of rotatable bonds is 3. The molecule has 0 saturated carbocycles. The van der Waals surface area contributed by atoms with E-state index in [0.29, 0.717) is 28.9 Å². The van der Waals surface area contributed by atoms with E-state index in [-0.39, 0.29) is 0 Å². The minimum Gasteiger partial charge on any atom is -0.396 e. The van der Waals surface area contributed by atoms with Gasteiger partial charge in [0.15, 0.2) is 0 Å². The Kier molecular flexibility index (Phi) is 2.68. The van der Waals surface area contributed by atoms with Gasteiger partial charge in [-0.05, 0) is 6.07 Å². The largest absolute Gasteiger partial charge is 0.396 e. The molecular weight excluding hydrogens is 216 g/mol. The van der Waals surface area contributed by atoms with Gasteiger partial charge in [-0.1, -0.05) is 11.6 Å². The second-order valence-corrected chi connectivity index (χ2v) is 3.31. The third kappa shape index (κ3) is 2.35. The van der Waals surface area contributed by atoms with E-state index in [1.165, 1.54) is 12.5 Å². The van der Waals surface area contributed by atoms with Crippen LogP contribution in [0.1, 0.15) is 5.82 Å². The molecule has 2 aromatic heterocycles. The zero-order valence-corrected chi connectivity index (χ0v) is 8.49. The minimum absolute atomic E-state index is 0.485. The summed E-state index contributed by atoms with van der Waals surface area (Å²) in [4.78, 5) is 8.00. The van der Waals surface area contributed by atoms with Crippen molar-refractivity contribution in [1.82, 2.24) is 20.2 Å². The van der Waals surface area contributed by atoms with Crippen LogP contribution in [0.25, 0.3) is 0 Å². The smallest absolute Gasteiger partial charge is 0.149 e. The van der Waals surface area contributed by atoms with Crippen LogP contribution in [0.4, 0.5) is 11.5 Å². The lowest BCUT2D eigenvalue weighted by Gasteiger charge is -2.06. The molecule has 6 nitrogen and oxygen atoms in total. The van der Waals surface area contributed by atoms with Gasteiger partial charge in [0.1, 0.15) is 18.0 Å². The lowest BCUT2D eigenvalue weighted by Crippen LogP contribution is -2.05. The van der Waals surface area contributed by atoms with E-state index in [2.05, 4.69) is 25.5 Å². The van der Waals surface area contributed by atoms with Gasteiger partial charge < -0.3 is 11.1 Å². The molecule has 2 rings (SSSR count).